The molecule has 0 aliphatic heterocycles. The van der Waals surface area contributed by atoms with E-state index >= 15 is 0 Å². The highest BCUT2D eigenvalue weighted by molar-refractivity contribution is 6.29. The Bertz CT molecular complexity index is 579. The van der Waals surface area contributed by atoms with E-state index in [-0.39, 0.29) is 5.41 Å². The van der Waals surface area contributed by atoms with Crippen LogP contribution in [0.1, 0.15) is 26.6 Å². The topological polar surface area (TPSA) is 38.7 Å². The standard InChI is InChI=1S/C13H13ClFN3/c1-13(2,3)12-17-10(5-11(14)18-12)8-4-9(15)7-16-6-8/h4-7H,1-3H3. The van der Waals surface area contributed by atoms with Crippen LogP contribution < -0.4 is 0 Å². The average molecular weight is 266 g/mol. The van der Waals surface area contributed by atoms with Gasteiger partial charge in [-0.1, -0.05) is 32.4 Å². The van der Waals surface area contributed by atoms with Crippen LogP contribution in [-0.2, 0) is 5.41 Å². The molecule has 0 fully saturated rings. The molecular weight excluding hydrogens is 253 g/mol. The molecule has 0 atom stereocenters. The Morgan fingerprint density at radius 1 is 1.11 bits per heavy atom. The van der Waals surface area contributed by atoms with Crippen LogP contribution in [0.25, 0.3) is 11.3 Å². The van der Waals surface area contributed by atoms with Crippen LogP contribution in [0.2, 0.25) is 5.15 Å². The van der Waals surface area contributed by atoms with E-state index in [1.54, 1.807) is 12.3 Å². The smallest absolute Gasteiger partial charge is 0.142 e. The van der Waals surface area contributed by atoms with Crippen molar-refractivity contribution in [1.29, 1.82) is 0 Å². The lowest BCUT2D eigenvalue weighted by Crippen LogP contribution is -2.16. The lowest BCUT2D eigenvalue weighted by atomic mass is 9.95. The monoisotopic (exact) mass is 265 g/mol. The van der Waals surface area contributed by atoms with Gasteiger partial charge in [0, 0.05) is 23.2 Å². The summed E-state index contributed by atoms with van der Waals surface area (Å²) in [7, 11) is 0. The lowest BCUT2D eigenvalue weighted by Gasteiger charge is -2.17. The molecule has 0 saturated heterocycles. The molecule has 0 N–H and O–H groups in total. The second kappa shape index (κ2) is 4.61. The third kappa shape index (κ3) is 2.82. The van der Waals surface area contributed by atoms with Gasteiger partial charge in [-0.3, -0.25) is 4.98 Å². The molecule has 0 radical (unpaired) electrons. The quantitative estimate of drug-likeness (QED) is 0.739. The molecule has 0 amide bonds. The fourth-order valence-electron chi connectivity index (χ4n) is 1.45. The maximum absolute atomic E-state index is 13.1. The van der Waals surface area contributed by atoms with Crippen molar-refractivity contribution in [3.05, 3.63) is 41.3 Å². The first-order valence-electron chi connectivity index (χ1n) is 5.52. The summed E-state index contributed by atoms with van der Waals surface area (Å²) in [5.74, 6) is 0.216. The van der Waals surface area contributed by atoms with Crippen LogP contribution in [0.3, 0.4) is 0 Å². The minimum atomic E-state index is -0.403. The number of aromatic nitrogens is 3. The molecular formula is C13H13ClFN3. The molecule has 18 heavy (non-hydrogen) atoms. The number of hydrogen-bond donors (Lipinski definition) is 0. The van der Waals surface area contributed by atoms with E-state index in [4.69, 9.17) is 11.6 Å². The third-order valence-electron chi connectivity index (χ3n) is 2.37. The van der Waals surface area contributed by atoms with Crippen LogP contribution in [0, 0.1) is 5.82 Å². The molecule has 2 aromatic rings. The first kappa shape index (κ1) is 12.9. The largest absolute Gasteiger partial charge is 0.261 e. The summed E-state index contributed by atoms with van der Waals surface area (Å²) in [4.78, 5) is 12.4. The lowest BCUT2D eigenvalue weighted by molar-refractivity contribution is 0.546. The van der Waals surface area contributed by atoms with E-state index in [0.717, 1.165) is 6.20 Å². The molecule has 2 rings (SSSR count). The van der Waals surface area contributed by atoms with Crippen molar-refractivity contribution in [1.82, 2.24) is 15.0 Å². The van der Waals surface area contributed by atoms with Crippen molar-refractivity contribution < 1.29 is 4.39 Å². The predicted molar refractivity (Wildman–Crippen MR) is 68.9 cm³/mol. The van der Waals surface area contributed by atoms with Crippen molar-refractivity contribution in [2.24, 2.45) is 0 Å². The van der Waals surface area contributed by atoms with E-state index < -0.39 is 5.82 Å². The van der Waals surface area contributed by atoms with Gasteiger partial charge in [-0.05, 0) is 6.07 Å². The van der Waals surface area contributed by atoms with Crippen molar-refractivity contribution in [3.63, 3.8) is 0 Å². The van der Waals surface area contributed by atoms with Crippen molar-refractivity contribution >= 4 is 11.6 Å². The van der Waals surface area contributed by atoms with Crippen LogP contribution >= 0.6 is 11.6 Å². The Morgan fingerprint density at radius 3 is 2.44 bits per heavy atom. The van der Waals surface area contributed by atoms with E-state index in [1.807, 2.05) is 20.8 Å². The first-order chi connectivity index (χ1) is 8.36. The van der Waals surface area contributed by atoms with Gasteiger partial charge in [0.25, 0.3) is 0 Å². The number of nitrogens with zero attached hydrogens (tertiary/aromatic N) is 3. The maximum Gasteiger partial charge on any atom is 0.142 e. The maximum atomic E-state index is 13.1. The summed E-state index contributed by atoms with van der Waals surface area (Å²) in [6, 6.07) is 2.98. The molecule has 0 spiro atoms. The summed E-state index contributed by atoms with van der Waals surface area (Å²) in [5.41, 5.74) is 0.942. The average Bonchev–Trinajstić information content (AvgIpc) is 2.27. The molecule has 94 valence electrons. The van der Waals surface area contributed by atoms with Gasteiger partial charge >= 0.3 is 0 Å². The summed E-state index contributed by atoms with van der Waals surface area (Å²) >= 11 is 5.98. The van der Waals surface area contributed by atoms with E-state index in [2.05, 4.69) is 15.0 Å². The number of rotatable bonds is 1. The minimum Gasteiger partial charge on any atom is -0.261 e. The van der Waals surface area contributed by atoms with Gasteiger partial charge in [0.1, 0.15) is 16.8 Å². The van der Waals surface area contributed by atoms with Gasteiger partial charge in [-0.2, -0.15) is 0 Å². The van der Waals surface area contributed by atoms with E-state index in [0.29, 0.717) is 22.2 Å². The third-order valence-corrected chi connectivity index (χ3v) is 2.56. The number of hydrogen-bond acceptors (Lipinski definition) is 3. The Kier molecular flexibility index (Phi) is 3.30. The zero-order valence-electron chi connectivity index (χ0n) is 10.4. The molecule has 0 unspecified atom stereocenters. The fraction of sp³-hybridized carbons (Fsp3) is 0.308. The second-order valence-corrected chi connectivity index (χ2v) is 5.43. The normalized spacial score (nSPS) is 11.6. The Labute approximate surface area is 110 Å². The molecule has 0 aliphatic rings. The Hall–Kier alpha value is -1.55. The van der Waals surface area contributed by atoms with Crippen LogP contribution in [0.5, 0.6) is 0 Å². The molecule has 0 bridgehead atoms. The van der Waals surface area contributed by atoms with Crippen molar-refractivity contribution in [2.75, 3.05) is 0 Å². The fourth-order valence-corrected chi connectivity index (χ4v) is 1.64. The summed E-state index contributed by atoms with van der Waals surface area (Å²) in [6.07, 6.45) is 2.70. The van der Waals surface area contributed by atoms with Crippen LogP contribution in [-0.4, -0.2) is 15.0 Å². The van der Waals surface area contributed by atoms with Gasteiger partial charge in [0.2, 0.25) is 0 Å². The van der Waals surface area contributed by atoms with Gasteiger partial charge in [0.05, 0.1) is 11.9 Å². The summed E-state index contributed by atoms with van der Waals surface area (Å²) < 4.78 is 13.1. The van der Waals surface area contributed by atoms with Gasteiger partial charge < -0.3 is 0 Å². The Morgan fingerprint density at radius 2 is 1.83 bits per heavy atom. The van der Waals surface area contributed by atoms with E-state index in [9.17, 15) is 4.39 Å². The highest BCUT2D eigenvalue weighted by atomic mass is 35.5. The molecule has 2 heterocycles. The number of pyridine rings is 1. The SMILES string of the molecule is CC(C)(C)c1nc(Cl)cc(-c2cncc(F)c2)n1. The van der Waals surface area contributed by atoms with Gasteiger partial charge in [-0.15, -0.1) is 0 Å². The number of halogens is 2. The zero-order valence-corrected chi connectivity index (χ0v) is 11.2. The van der Waals surface area contributed by atoms with Crippen LogP contribution in [0.4, 0.5) is 4.39 Å². The minimum absolute atomic E-state index is 0.222. The van der Waals surface area contributed by atoms with Gasteiger partial charge in [-0.25, -0.2) is 14.4 Å². The molecule has 2 aromatic heterocycles. The summed E-state index contributed by atoms with van der Waals surface area (Å²) in [5, 5.41) is 0.342. The molecule has 5 heteroatoms. The molecule has 3 nitrogen and oxygen atoms in total. The van der Waals surface area contributed by atoms with Crippen molar-refractivity contribution in [3.8, 4) is 11.3 Å². The zero-order chi connectivity index (χ0) is 13.3. The highest BCUT2D eigenvalue weighted by Crippen LogP contribution is 2.25. The van der Waals surface area contributed by atoms with Gasteiger partial charge in [0.15, 0.2) is 0 Å². The predicted octanol–water partition coefficient (Wildman–Crippen LogP) is 3.63. The molecule has 0 aromatic carbocycles. The Balaban J connectivity index is 2.55. The van der Waals surface area contributed by atoms with Crippen LogP contribution in [0.15, 0.2) is 24.5 Å². The molecule has 0 aliphatic carbocycles. The highest BCUT2D eigenvalue weighted by Gasteiger charge is 2.19. The van der Waals surface area contributed by atoms with E-state index in [1.165, 1.54) is 6.07 Å². The molecule has 0 saturated carbocycles. The summed E-state index contributed by atoms with van der Waals surface area (Å²) in [6.45, 7) is 5.98. The second-order valence-electron chi connectivity index (χ2n) is 5.04. The van der Waals surface area contributed by atoms with Crippen molar-refractivity contribution in [2.45, 2.75) is 26.2 Å². The first-order valence-corrected chi connectivity index (χ1v) is 5.90.